The van der Waals surface area contributed by atoms with Crippen LogP contribution in [-0.2, 0) is 4.79 Å². The van der Waals surface area contributed by atoms with E-state index >= 15 is 0 Å². The van der Waals surface area contributed by atoms with Crippen molar-refractivity contribution in [2.45, 2.75) is 13.8 Å². The van der Waals surface area contributed by atoms with Gasteiger partial charge in [-0.3, -0.25) is 20.4 Å². The fourth-order valence-corrected chi connectivity index (χ4v) is 2.63. The number of benzene rings is 2. The highest BCUT2D eigenvalue weighted by atomic mass is 79.9. The van der Waals surface area contributed by atoms with E-state index in [-0.39, 0.29) is 12.1 Å². The Balaban J connectivity index is 1.85. The molecule has 0 saturated heterocycles. The van der Waals surface area contributed by atoms with Gasteiger partial charge in [-0.05, 0) is 59.6 Å². The lowest BCUT2D eigenvalue weighted by atomic mass is 10.1. The second kappa shape index (κ2) is 7.92. The molecule has 126 valence electrons. The highest BCUT2D eigenvalue weighted by molar-refractivity contribution is 9.10. The van der Waals surface area contributed by atoms with Crippen LogP contribution in [0, 0.1) is 19.7 Å². The first-order valence-electron chi connectivity index (χ1n) is 7.22. The Morgan fingerprint density at radius 1 is 1.08 bits per heavy atom. The van der Waals surface area contributed by atoms with Gasteiger partial charge in [0.25, 0.3) is 11.8 Å². The van der Waals surface area contributed by atoms with Crippen LogP contribution in [0.4, 0.5) is 10.1 Å². The molecular weight excluding hydrogens is 377 g/mol. The summed E-state index contributed by atoms with van der Waals surface area (Å²) in [7, 11) is 0. The molecule has 0 fully saturated rings. The van der Waals surface area contributed by atoms with E-state index < -0.39 is 17.6 Å². The van der Waals surface area contributed by atoms with E-state index in [9.17, 15) is 14.0 Å². The van der Waals surface area contributed by atoms with Gasteiger partial charge in [0.2, 0.25) is 0 Å². The third-order valence-corrected chi connectivity index (χ3v) is 3.97. The van der Waals surface area contributed by atoms with Crippen LogP contribution in [0.5, 0.6) is 0 Å². The van der Waals surface area contributed by atoms with Crippen LogP contribution in [0.25, 0.3) is 0 Å². The first-order valence-corrected chi connectivity index (χ1v) is 8.01. The Morgan fingerprint density at radius 3 is 2.50 bits per heavy atom. The third-order valence-electron chi connectivity index (χ3n) is 3.31. The number of amides is 2. The van der Waals surface area contributed by atoms with E-state index in [0.717, 1.165) is 16.8 Å². The number of hydrazine groups is 1. The first-order chi connectivity index (χ1) is 11.4. The molecule has 0 saturated carbocycles. The van der Waals surface area contributed by atoms with Crippen LogP contribution in [0.3, 0.4) is 0 Å². The average Bonchev–Trinajstić information content (AvgIpc) is 2.51. The van der Waals surface area contributed by atoms with Gasteiger partial charge in [0, 0.05) is 10.2 Å². The highest BCUT2D eigenvalue weighted by Gasteiger charge is 2.11. The summed E-state index contributed by atoms with van der Waals surface area (Å²) in [4.78, 5) is 23.8. The number of rotatable bonds is 4. The molecule has 0 heterocycles. The zero-order valence-electron chi connectivity index (χ0n) is 13.2. The summed E-state index contributed by atoms with van der Waals surface area (Å²) >= 11 is 3.10. The van der Waals surface area contributed by atoms with Gasteiger partial charge in [-0.1, -0.05) is 17.7 Å². The highest BCUT2D eigenvalue weighted by Crippen LogP contribution is 2.17. The normalized spacial score (nSPS) is 10.2. The molecule has 2 aromatic rings. The molecule has 0 atom stereocenters. The number of carbonyl (C=O) groups excluding carboxylic acids is 2. The van der Waals surface area contributed by atoms with Crippen molar-refractivity contribution in [1.82, 2.24) is 10.9 Å². The Hall–Kier alpha value is -2.41. The minimum absolute atomic E-state index is 0.00870. The molecule has 5 nitrogen and oxygen atoms in total. The van der Waals surface area contributed by atoms with E-state index in [4.69, 9.17) is 0 Å². The molecule has 0 aliphatic rings. The molecular formula is C17H17BrFN3O2. The predicted molar refractivity (Wildman–Crippen MR) is 94.1 cm³/mol. The van der Waals surface area contributed by atoms with Crippen molar-refractivity contribution in [3.05, 3.63) is 63.4 Å². The van der Waals surface area contributed by atoms with Crippen molar-refractivity contribution in [1.29, 1.82) is 0 Å². The zero-order chi connectivity index (χ0) is 17.7. The number of hydrogen-bond acceptors (Lipinski definition) is 3. The van der Waals surface area contributed by atoms with Crippen molar-refractivity contribution in [2.24, 2.45) is 0 Å². The van der Waals surface area contributed by atoms with Gasteiger partial charge in [-0.2, -0.15) is 0 Å². The number of carbonyl (C=O) groups is 2. The van der Waals surface area contributed by atoms with E-state index in [1.165, 1.54) is 18.2 Å². The zero-order valence-corrected chi connectivity index (χ0v) is 14.8. The van der Waals surface area contributed by atoms with E-state index in [1.807, 2.05) is 32.0 Å². The van der Waals surface area contributed by atoms with Crippen molar-refractivity contribution >= 4 is 33.4 Å². The SMILES string of the molecule is Cc1ccc(NCC(=O)NNC(=O)c2ccc(F)cc2Br)c(C)c1. The minimum Gasteiger partial charge on any atom is -0.376 e. The molecule has 0 aliphatic heterocycles. The lowest BCUT2D eigenvalue weighted by molar-refractivity contribution is -0.120. The number of hydrogen-bond donors (Lipinski definition) is 3. The molecule has 3 N–H and O–H groups in total. The van der Waals surface area contributed by atoms with Crippen LogP contribution in [0.1, 0.15) is 21.5 Å². The van der Waals surface area contributed by atoms with Gasteiger partial charge in [-0.15, -0.1) is 0 Å². The molecule has 0 aromatic heterocycles. The van der Waals surface area contributed by atoms with Gasteiger partial charge < -0.3 is 5.32 Å². The third kappa shape index (κ3) is 4.79. The van der Waals surface area contributed by atoms with Gasteiger partial charge in [0.1, 0.15) is 5.82 Å². The summed E-state index contributed by atoms with van der Waals surface area (Å²) in [6.07, 6.45) is 0. The van der Waals surface area contributed by atoms with Crippen molar-refractivity contribution in [3.8, 4) is 0 Å². The minimum atomic E-state index is -0.540. The monoisotopic (exact) mass is 393 g/mol. The Bertz CT molecular complexity index is 780. The smallest absolute Gasteiger partial charge is 0.270 e. The molecule has 2 aromatic carbocycles. The predicted octanol–water partition coefficient (Wildman–Crippen LogP) is 3.08. The summed E-state index contributed by atoms with van der Waals surface area (Å²) in [6, 6.07) is 9.53. The number of aryl methyl sites for hydroxylation is 2. The molecule has 0 spiro atoms. The first kappa shape index (κ1) is 17.9. The largest absolute Gasteiger partial charge is 0.376 e. The number of anilines is 1. The second-order valence-electron chi connectivity index (χ2n) is 5.30. The van der Waals surface area contributed by atoms with Crippen LogP contribution in [0.15, 0.2) is 40.9 Å². The van der Waals surface area contributed by atoms with Crippen LogP contribution < -0.4 is 16.2 Å². The van der Waals surface area contributed by atoms with E-state index in [0.29, 0.717) is 4.47 Å². The maximum absolute atomic E-state index is 13.0. The quantitative estimate of drug-likeness (QED) is 0.699. The van der Waals surface area contributed by atoms with Gasteiger partial charge in [0.15, 0.2) is 0 Å². The molecule has 2 amide bonds. The van der Waals surface area contributed by atoms with E-state index in [2.05, 4.69) is 32.1 Å². The fourth-order valence-electron chi connectivity index (χ4n) is 2.10. The second-order valence-corrected chi connectivity index (χ2v) is 6.15. The Kier molecular flexibility index (Phi) is 5.92. The standard InChI is InChI=1S/C17H17BrFN3O2/c1-10-3-6-15(11(2)7-10)20-9-16(23)21-22-17(24)13-5-4-12(19)8-14(13)18/h3-8,20H,9H2,1-2H3,(H,21,23)(H,22,24). The Morgan fingerprint density at radius 2 is 1.83 bits per heavy atom. The van der Waals surface area contributed by atoms with Crippen molar-refractivity contribution in [2.75, 3.05) is 11.9 Å². The summed E-state index contributed by atoms with van der Waals surface area (Å²) in [5, 5.41) is 3.00. The molecule has 0 bridgehead atoms. The summed E-state index contributed by atoms with van der Waals surface area (Å²) in [6.45, 7) is 3.95. The van der Waals surface area contributed by atoms with Gasteiger partial charge >= 0.3 is 0 Å². The molecule has 2 rings (SSSR count). The molecule has 7 heteroatoms. The average molecular weight is 394 g/mol. The summed E-state index contributed by atoms with van der Waals surface area (Å²) in [5.74, 6) is -1.40. The lowest BCUT2D eigenvalue weighted by Gasteiger charge is -2.11. The molecule has 24 heavy (non-hydrogen) atoms. The maximum Gasteiger partial charge on any atom is 0.270 e. The van der Waals surface area contributed by atoms with Crippen molar-refractivity contribution < 1.29 is 14.0 Å². The van der Waals surface area contributed by atoms with Crippen LogP contribution in [0.2, 0.25) is 0 Å². The molecule has 0 unspecified atom stereocenters. The lowest BCUT2D eigenvalue weighted by Crippen LogP contribution is -2.44. The van der Waals surface area contributed by atoms with Crippen molar-refractivity contribution in [3.63, 3.8) is 0 Å². The topological polar surface area (TPSA) is 70.2 Å². The Labute approximate surface area is 147 Å². The van der Waals surface area contributed by atoms with Crippen LogP contribution in [-0.4, -0.2) is 18.4 Å². The number of halogens is 2. The summed E-state index contributed by atoms with van der Waals surface area (Å²) < 4.78 is 13.3. The summed E-state index contributed by atoms with van der Waals surface area (Å²) in [5.41, 5.74) is 7.84. The van der Waals surface area contributed by atoms with Gasteiger partial charge in [0.05, 0.1) is 12.1 Å². The maximum atomic E-state index is 13.0. The van der Waals surface area contributed by atoms with Gasteiger partial charge in [-0.25, -0.2) is 4.39 Å². The molecule has 0 radical (unpaired) electrons. The number of nitrogens with one attached hydrogen (secondary N) is 3. The molecule has 0 aliphatic carbocycles. The van der Waals surface area contributed by atoms with Crippen LogP contribution >= 0.6 is 15.9 Å². The van der Waals surface area contributed by atoms with E-state index in [1.54, 1.807) is 0 Å². The fraction of sp³-hybridized carbons (Fsp3) is 0.176.